The van der Waals surface area contributed by atoms with Crippen molar-refractivity contribution in [1.82, 2.24) is 0 Å². The predicted molar refractivity (Wildman–Crippen MR) is 490 cm³/mol. The van der Waals surface area contributed by atoms with Gasteiger partial charge in [-0.25, -0.2) is 50.5 Å². The molecule has 0 aliphatic rings. The van der Waals surface area contributed by atoms with E-state index in [0.717, 1.165) is 0 Å². The van der Waals surface area contributed by atoms with Gasteiger partial charge in [0.2, 0.25) is 0 Å². The summed E-state index contributed by atoms with van der Waals surface area (Å²) in [5.74, 6) is -2.83. The van der Waals surface area contributed by atoms with Gasteiger partial charge in [-0.2, -0.15) is 0 Å². The monoisotopic (exact) mass is 1940 g/mol. The molecule has 19 aromatic carbocycles. The van der Waals surface area contributed by atoms with Crippen molar-refractivity contribution in [1.29, 1.82) is 0 Å². The number of ether oxygens (including phenoxy) is 6. The molecule has 24 nitrogen and oxygen atoms in total. The van der Waals surface area contributed by atoms with Crippen LogP contribution < -0.4 is 206 Å². The van der Waals surface area contributed by atoms with Crippen molar-refractivity contribution in [3.8, 4) is 34.5 Å². The number of benzene rings is 15. The second-order valence-electron chi connectivity index (χ2n) is 30.8. The SMILES string of the molecule is O=S(=O)([O-])CCCOc1cc2cc(c1)c1c3ccccc3c(c3cc(OCCCS(=O)(=O)[O-])cc(c3)c3cc(OCCCS(=O)(=O)[O-])cc(c3)c3c4ccccc4c(c4cc(OCCCS(=O)(=O)[O-])cc(c4)c4cc(OCCCS(=O)(=O)[O-])cc(c4)c4c5ccccc5c(c5cc(OCCCS(=O)(=O)[O-])cc2c5)c2ccccc24)c2ccccc23)c2ccccc21.[Na+].[Na+].[Na+].[Na+].[Na+].[Na+]. The molecule has 0 fully saturated rings. The van der Waals surface area contributed by atoms with Gasteiger partial charge in [-0.05, 0) is 309 Å². The van der Waals surface area contributed by atoms with E-state index in [1.807, 2.05) is 218 Å². The van der Waals surface area contributed by atoms with Gasteiger partial charge >= 0.3 is 177 Å². The van der Waals surface area contributed by atoms with Crippen LogP contribution in [0.2, 0.25) is 0 Å². The van der Waals surface area contributed by atoms with Crippen molar-refractivity contribution in [2.24, 2.45) is 0 Å². The van der Waals surface area contributed by atoms with Crippen LogP contribution in [-0.2, 0) is 60.7 Å². The van der Waals surface area contributed by atoms with Gasteiger partial charge < -0.3 is 55.7 Å². The third-order valence-corrected chi connectivity index (χ3v) is 26.5. The van der Waals surface area contributed by atoms with Gasteiger partial charge in [-0.1, -0.05) is 146 Å². The molecule has 132 heavy (non-hydrogen) atoms. The second kappa shape index (κ2) is 46.3. The zero-order valence-corrected chi connectivity index (χ0v) is 90.1. The van der Waals surface area contributed by atoms with E-state index in [1.54, 1.807) is 36.4 Å². The summed E-state index contributed by atoms with van der Waals surface area (Å²) in [5.41, 5.74) is 0. The van der Waals surface area contributed by atoms with Crippen LogP contribution in [0.3, 0.4) is 0 Å². The van der Waals surface area contributed by atoms with E-state index < -0.39 is 95.2 Å². The molecule has 0 heterocycles. The minimum absolute atomic E-state index is 0. The standard InChI is InChI=1S/C96H84O24S6.6Na/c97-121(98,99)37-13-31-115-73-49-61-43-67(55-73)91-79-19-1-2-20-80(79)92(82-22-4-3-21-81(82)91)68-44-62(50-74(56-68)116-32-14-38-122(100,101)102)64-46-70(58-76(52-64)118-34-16-40-124(106,107)108)94-87-27-9-11-29-89(87)96(90-30-12-10-28-88(90)94)72-48-66(54-78(60-72)120-36-18-42-126(112,113)114)65-47-71(59-77(53-65)119-35-17-41-125(109,110)111)95-85-25-7-5-23-83(85)93(84-24-6-8-26-86(84)95)69-45-63(61)51-75(57-69)117-33-15-39-123(103,104)105;;;;;;/h1-12,19-30,43-60H,13-18,31-42H2,(H,97,98,99)(H,100,101,102)(H,103,104,105)(H,106,107,108)(H,109,110,111)(H,112,113,114);;;;;;/q;6*+1/p-6. The molecule has 648 valence electrons. The van der Waals surface area contributed by atoms with Crippen molar-refractivity contribution in [3.05, 3.63) is 255 Å². The fraction of sp³-hybridized carbons (Fsp3) is 0.188. The predicted octanol–water partition coefficient (Wildman–Crippen LogP) is 0.266. The van der Waals surface area contributed by atoms with E-state index in [4.69, 9.17) is 28.4 Å². The Morgan fingerprint density at radius 3 is 0.379 bits per heavy atom. The minimum atomic E-state index is -4.69. The first-order valence-corrected chi connectivity index (χ1v) is 49.8. The molecular formula is C96H78Na6O24S6. The first-order chi connectivity index (χ1) is 60.2. The van der Waals surface area contributed by atoms with E-state index in [0.29, 0.717) is 162 Å². The molecule has 36 heteroatoms. The molecule has 0 N–H and O–H groups in total. The number of rotatable bonds is 30. The van der Waals surface area contributed by atoms with Crippen molar-refractivity contribution >= 4 is 222 Å². The molecule has 0 saturated carbocycles. The van der Waals surface area contributed by atoms with Gasteiger partial charge in [0.15, 0.2) is 0 Å². The van der Waals surface area contributed by atoms with Crippen molar-refractivity contribution < 1.29 is 284 Å². The van der Waals surface area contributed by atoms with Crippen LogP contribution in [0.15, 0.2) is 255 Å². The maximum absolute atomic E-state index is 12.1. The van der Waals surface area contributed by atoms with Gasteiger partial charge in [0.1, 0.15) is 34.5 Å². The first kappa shape index (κ1) is 108. The Hall–Kier alpha value is -5.88. The Labute approximate surface area is 895 Å². The topological polar surface area (TPSA) is 399 Å². The van der Waals surface area contributed by atoms with Crippen LogP contribution in [0.1, 0.15) is 38.5 Å². The summed E-state index contributed by atoms with van der Waals surface area (Å²) >= 11 is 0. The molecule has 0 radical (unpaired) electrons. The van der Waals surface area contributed by atoms with Gasteiger partial charge in [-0.15, -0.1) is 0 Å². The average Bonchev–Trinajstić information content (AvgIpc) is 0.735. The molecule has 0 aromatic heterocycles. The molecule has 19 rings (SSSR count). The van der Waals surface area contributed by atoms with E-state index >= 15 is 0 Å². The molecule has 0 spiro atoms. The van der Waals surface area contributed by atoms with Gasteiger partial charge in [0, 0.05) is 34.5 Å². The Balaban J connectivity index is 0.00000301. The van der Waals surface area contributed by atoms with Crippen molar-refractivity contribution in [2.45, 2.75) is 38.5 Å². The van der Waals surface area contributed by atoms with Crippen LogP contribution >= 0.6 is 0 Å². The van der Waals surface area contributed by atoms with E-state index in [9.17, 15) is 77.8 Å². The summed E-state index contributed by atoms with van der Waals surface area (Å²) in [7, 11) is -28.1. The molecule has 0 amide bonds. The van der Waals surface area contributed by atoms with E-state index in [-0.39, 0.29) is 290 Å². The molecule has 0 unspecified atom stereocenters. The summed E-state index contributed by atoms with van der Waals surface area (Å²) in [5, 5.41) is 19.5. The van der Waals surface area contributed by atoms with Gasteiger partial charge in [0.05, 0.1) is 100 Å². The molecular weight excluding hydrogens is 1870 g/mol. The number of hydrogen-bond acceptors (Lipinski definition) is 24. The van der Waals surface area contributed by atoms with Crippen molar-refractivity contribution in [2.75, 3.05) is 74.2 Å². The minimum Gasteiger partial charge on any atom is -0.748 e. The van der Waals surface area contributed by atoms with E-state index in [2.05, 4.69) is 0 Å². The summed E-state index contributed by atoms with van der Waals surface area (Å²) in [6.45, 7) is -1.30. The first-order valence-electron chi connectivity index (χ1n) is 40.3. The summed E-state index contributed by atoms with van der Waals surface area (Å²) < 4.78 is 258. The average molecular weight is 1950 g/mol. The Kier molecular flexibility index (Phi) is 37.9. The molecule has 18 bridgehead atoms. The van der Waals surface area contributed by atoms with Crippen LogP contribution in [0.4, 0.5) is 0 Å². The smallest absolute Gasteiger partial charge is 0.748 e. The zero-order chi connectivity index (χ0) is 88.5. The summed E-state index contributed by atoms with van der Waals surface area (Å²) in [6.07, 6.45) is -1.06. The maximum atomic E-state index is 12.1. The molecule has 0 aliphatic carbocycles. The Morgan fingerprint density at radius 2 is 0.273 bits per heavy atom. The Bertz CT molecular complexity index is 6760. The largest absolute Gasteiger partial charge is 1.00 e. The molecule has 19 aromatic rings. The molecule has 0 saturated heterocycles. The van der Waals surface area contributed by atoms with E-state index in [1.165, 1.54) is 0 Å². The molecule has 0 aliphatic heterocycles. The van der Waals surface area contributed by atoms with Crippen LogP contribution in [-0.4, -0.2) is 152 Å². The third-order valence-electron chi connectivity index (χ3n) is 21.8. The fourth-order valence-electron chi connectivity index (χ4n) is 16.8. The zero-order valence-electron chi connectivity index (χ0n) is 73.2. The molecule has 0 atom stereocenters. The summed E-state index contributed by atoms with van der Waals surface area (Å²) in [6, 6.07) is 79.6. The third kappa shape index (κ3) is 27.0. The Morgan fingerprint density at radius 1 is 0.167 bits per heavy atom. The van der Waals surface area contributed by atoms with Crippen molar-refractivity contribution in [3.63, 3.8) is 0 Å². The number of hydrogen-bond donors (Lipinski definition) is 0. The van der Waals surface area contributed by atoms with Crippen LogP contribution in [0.25, 0.3) is 162 Å². The normalized spacial score (nSPS) is 12.0. The fourth-order valence-corrected chi connectivity index (χ4v) is 19.6. The van der Waals surface area contributed by atoms with Gasteiger partial charge in [-0.3, -0.25) is 0 Å². The van der Waals surface area contributed by atoms with Gasteiger partial charge in [0.25, 0.3) is 0 Å². The summed E-state index contributed by atoms with van der Waals surface area (Å²) in [4.78, 5) is 0. The second-order valence-corrected chi connectivity index (χ2v) is 39.9. The quantitative estimate of drug-likeness (QED) is 0.0252. The maximum Gasteiger partial charge on any atom is 1.00 e. The van der Waals surface area contributed by atoms with Crippen LogP contribution in [0, 0.1) is 0 Å². The van der Waals surface area contributed by atoms with Crippen LogP contribution in [0.5, 0.6) is 34.5 Å².